The molecule has 0 aliphatic carbocycles. The minimum atomic E-state index is -0.310. The van der Waals surface area contributed by atoms with Gasteiger partial charge in [-0.1, -0.05) is 30.3 Å². The van der Waals surface area contributed by atoms with Gasteiger partial charge in [0.25, 0.3) is 0 Å². The monoisotopic (exact) mass is 554 g/mol. The Bertz CT molecular complexity index is 1530. The first-order valence-corrected chi connectivity index (χ1v) is 13.6. The Morgan fingerprint density at radius 2 is 1.80 bits per heavy atom. The van der Waals surface area contributed by atoms with Gasteiger partial charge in [0.2, 0.25) is 11.9 Å². The van der Waals surface area contributed by atoms with Crippen LogP contribution in [0.25, 0.3) is 22.0 Å². The predicted octanol–water partition coefficient (Wildman–Crippen LogP) is 4.74. The van der Waals surface area contributed by atoms with Crippen LogP contribution in [0.2, 0.25) is 0 Å². The molecule has 10 heteroatoms. The molecule has 0 atom stereocenters. The molecule has 0 bridgehead atoms. The van der Waals surface area contributed by atoms with E-state index in [4.69, 9.17) is 10.7 Å². The second kappa shape index (κ2) is 12.8. The fourth-order valence-electron chi connectivity index (χ4n) is 4.76. The summed E-state index contributed by atoms with van der Waals surface area (Å²) in [4.78, 5) is 25.7. The first-order valence-electron chi connectivity index (χ1n) is 13.6. The highest BCUT2D eigenvalue weighted by atomic mass is 19.1. The highest BCUT2D eigenvalue weighted by Gasteiger charge is 2.25. The predicted molar refractivity (Wildman–Crippen MR) is 165 cm³/mol. The van der Waals surface area contributed by atoms with Crippen LogP contribution in [0, 0.1) is 0 Å². The van der Waals surface area contributed by atoms with E-state index in [9.17, 15) is 9.18 Å². The van der Waals surface area contributed by atoms with Crippen LogP contribution >= 0.6 is 0 Å². The molecular formula is C31H35FN8O. The molecule has 0 radical (unpaired) electrons. The first kappa shape index (κ1) is 28.0. The number of likely N-dealkylation sites (N-methyl/N-ethyl adjacent to an activating group) is 1. The number of halogens is 1. The number of alkyl halides is 1. The molecule has 1 fully saturated rings. The Labute approximate surface area is 239 Å². The van der Waals surface area contributed by atoms with Crippen LogP contribution in [-0.4, -0.2) is 78.7 Å². The third-order valence-electron chi connectivity index (χ3n) is 6.81. The molecule has 0 unspecified atom stereocenters. The number of nitrogens with two attached hydrogens (primary N) is 1. The summed E-state index contributed by atoms with van der Waals surface area (Å²) in [6.07, 6.45) is 3.36. The molecule has 9 nitrogen and oxygen atoms in total. The van der Waals surface area contributed by atoms with Crippen molar-refractivity contribution in [3.63, 3.8) is 0 Å². The number of amides is 1. The van der Waals surface area contributed by atoms with Crippen LogP contribution in [0.4, 0.5) is 33.2 Å². The fourth-order valence-corrected chi connectivity index (χ4v) is 4.76. The van der Waals surface area contributed by atoms with E-state index in [0.717, 1.165) is 41.0 Å². The number of hydrogen-bond donors (Lipinski definition) is 4. The maximum absolute atomic E-state index is 12.5. The van der Waals surface area contributed by atoms with Gasteiger partial charge in [0.15, 0.2) is 0 Å². The average Bonchev–Trinajstić information content (AvgIpc) is 2.92. The van der Waals surface area contributed by atoms with E-state index in [1.807, 2.05) is 91.8 Å². The largest absolute Gasteiger partial charge is 0.383 e. The molecule has 1 amide bonds. The maximum Gasteiger partial charge on any atom is 0.248 e. The second-order valence-electron chi connectivity index (χ2n) is 10.4. The number of nitrogens with one attached hydrogen (secondary N) is 3. The van der Waals surface area contributed by atoms with Gasteiger partial charge in [-0.15, -0.1) is 0 Å². The van der Waals surface area contributed by atoms with E-state index in [2.05, 4.69) is 25.8 Å². The van der Waals surface area contributed by atoms with E-state index in [1.165, 1.54) is 6.08 Å². The van der Waals surface area contributed by atoms with Crippen LogP contribution in [0.3, 0.4) is 0 Å². The zero-order chi connectivity index (χ0) is 28.8. The number of benzene rings is 3. The number of anilines is 5. The van der Waals surface area contributed by atoms with E-state index in [1.54, 1.807) is 0 Å². The van der Waals surface area contributed by atoms with Gasteiger partial charge in [0, 0.05) is 60.3 Å². The molecule has 212 valence electrons. The standard InChI is InChI=1S/C31H35FN8O/c1-39(2)16-5-10-28(41)35-24-7-3-6-21(18-24)26-8-4-9-27-29(26)37-31(38-30(27)33)36-23-13-11-22(12-14-23)34-25-19-40(20-25)17-15-32/h3-14,18,25,34H,15-17,19-20H2,1-2H3,(H,35,41)(H3,33,36,37,38)/b10-5+. The molecule has 1 aliphatic heterocycles. The molecule has 1 aliphatic rings. The van der Waals surface area contributed by atoms with Gasteiger partial charge in [0.05, 0.1) is 11.6 Å². The molecule has 3 aromatic carbocycles. The summed E-state index contributed by atoms with van der Waals surface area (Å²) < 4.78 is 12.5. The number of rotatable bonds is 11. The lowest BCUT2D eigenvalue weighted by Crippen LogP contribution is -2.55. The summed E-state index contributed by atoms with van der Waals surface area (Å²) in [5.41, 5.74) is 11.3. The van der Waals surface area contributed by atoms with E-state index in [0.29, 0.717) is 42.1 Å². The number of nitrogens with zero attached hydrogens (tertiary/aromatic N) is 4. The van der Waals surface area contributed by atoms with Crippen molar-refractivity contribution >= 4 is 45.6 Å². The first-order chi connectivity index (χ1) is 19.9. The number of para-hydroxylation sites is 1. The van der Waals surface area contributed by atoms with Crippen molar-refractivity contribution in [2.75, 3.05) is 68.6 Å². The highest BCUT2D eigenvalue weighted by molar-refractivity contribution is 6.02. The Hall–Kier alpha value is -4.54. The zero-order valence-electron chi connectivity index (χ0n) is 23.3. The third kappa shape index (κ3) is 7.16. The minimum absolute atomic E-state index is 0.187. The molecule has 1 aromatic heterocycles. The Morgan fingerprint density at radius 3 is 2.56 bits per heavy atom. The Kier molecular flexibility index (Phi) is 8.71. The summed E-state index contributed by atoms with van der Waals surface area (Å²) in [7, 11) is 3.89. The third-order valence-corrected chi connectivity index (χ3v) is 6.81. The van der Waals surface area contributed by atoms with Gasteiger partial charge >= 0.3 is 0 Å². The van der Waals surface area contributed by atoms with Crippen molar-refractivity contribution in [2.24, 2.45) is 0 Å². The summed E-state index contributed by atoms with van der Waals surface area (Å²) >= 11 is 0. The smallest absolute Gasteiger partial charge is 0.248 e. The molecule has 5 N–H and O–H groups in total. The van der Waals surface area contributed by atoms with E-state index in [-0.39, 0.29) is 12.6 Å². The molecular weight excluding hydrogens is 519 g/mol. The van der Waals surface area contributed by atoms with Gasteiger partial charge in [-0.3, -0.25) is 9.69 Å². The lowest BCUT2D eigenvalue weighted by Gasteiger charge is -2.39. The summed E-state index contributed by atoms with van der Waals surface area (Å²) in [5, 5.41) is 10.4. The Balaban J connectivity index is 1.32. The molecule has 2 heterocycles. The number of nitrogen functional groups attached to an aromatic ring is 1. The maximum atomic E-state index is 12.5. The number of hydrogen-bond acceptors (Lipinski definition) is 8. The summed E-state index contributed by atoms with van der Waals surface area (Å²) in [6, 6.07) is 21.7. The van der Waals surface area contributed by atoms with Crippen molar-refractivity contribution in [3.05, 3.63) is 78.9 Å². The number of carbonyl (C=O) groups excluding carboxylic acids is 1. The quantitative estimate of drug-likeness (QED) is 0.197. The number of carbonyl (C=O) groups is 1. The topological polar surface area (TPSA) is 111 Å². The summed E-state index contributed by atoms with van der Waals surface area (Å²) in [5.74, 6) is 0.572. The zero-order valence-corrected chi connectivity index (χ0v) is 23.3. The van der Waals surface area contributed by atoms with Gasteiger partial charge in [-0.2, -0.15) is 4.98 Å². The lowest BCUT2D eigenvalue weighted by molar-refractivity contribution is -0.111. The average molecular weight is 555 g/mol. The van der Waals surface area contributed by atoms with E-state index < -0.39 is 0 Å². The van der Waals surface area contributed by atoms with Crippen LogP contribution < -0.4 is 21.7 Å². The van der Waals surface area contributed by atoms with Gasteiger partial charge < -0.3 is 26.6 Å². The van der Waals surface area contributed by atoms with Crippen molar-refractivity contribution in [1.29, 1.82) is 0 Å². The molecule has 0 saturated carbocycles. The van der Waals surface area contributed by atoms with E-state index >= 15 is 0 Å². The number of aromatic nitrogens is 2. The summed E-state index contributed by atoms with van der Waals surface area (Å²) in [6.45, 7) is 2.56. The second-order valence-corrected chi connectivity index (χ2v) is 10.4. The molecule has 5 rings (SSSR count). The molecule has 41 heavy (non-hydrogen) atoms. The van der Waals surface area contributed by atoms with Gasteiger partial charge in [-0.05, 0) is 62.1 Å². The molecule has 1 saturated heterocycles. The van der Waals surface area contributed by atoms with Crippen molar-refractivity contribution in [2.45, 2.75) is 6.04 Å². The van der Waals surface area contributed by atoms with Crippen LogP contribution in [0.5, 0.6) is 0 Å². The Morgan fingerprint density at radius 1 is 1.05 bits per heavy atom. The number of fused-ring (bicyclic) bond motifs is 1. The number of likely N-dealkylation sites (tertiary alicyclic amines) is 1. The van der Waals surface area contributed by atoms with Crippen molar-refractivity contribution in [1.82, 2.24) is 19.8 Å². The van der Waals surface area contributed by atoms with Crippen molar-refractivity contribution < 1.29 is 9.18 Å². The van der Waals surface area contributed by atoms with Crippen LogP contribution in [0.15, 0.2) is 78.9 Å². The molecule has 4 aromatic rings. The molecule has 0 spiro atoms. The van der Waals surface area contributed by atoms with Gasteiger partial charge in [0.1, 0.15) is 12.5 Å². The normalized spacial score (nSPS) is 14.0. The van der Waals surface area contributed by atoms with Crippen molar-refractivity contribution in [3.8, 4) is 11.1 Å². The minimum Gasteiger partial charge on any atom is -0.383 e. The fraction of sp³-hybridized carbons (Fsp3) is 0.258. The van der Waals surface area contributed by atoms with Crippen LogP contribution in [0.1, 0.15) is 0 Å². The lowest BCUT2D eigenvalue weighted by atomic mass is 10.0. The van der Waals surface area contributed by atoms with Crippen LogP contribution in [-0.2, 0) is 4.79 Å². The van der Waals surface area contributed by atoms with Gasteiger partial charge in [-0.25, -0.2) is 9.37 Å². The SMILES string of the molecule is CN(C)C/C=C/C(=O)Nc1cccc(-c2cccc3c(N)nc(Nc4ccc(NC5CN(CCF)C5)cc4)nc23)c1. The highest BCUT2D eigenvalue weighted by Crippen LogP contribution is 2.32.